The van der Waals surface area contributed by atoms with Crippen LogP contribution in [0.15, 0.2) is 70.7 Å². The number of benzene rings is 2. The molecule has 2 atom stereocenters. The third-order valence-corrected chi connectivity index (χ3v) is 5.68. The largest absolute Gasteiger partial charge is 0.368 e. The first kappa shape index (κ1) is 21.9. The molecule has 1 aliphatic heterocycles. The van der Waals surface area contributed by atoms with Crippen LogP contribution in [0.1, 0.15) is 11.1 Å². The molecule has 3 amide bonds. The maximum absolute atomic E-state index is 13.2. The molecule has 0 saturated heterocycles. The molecule has 6 nitrogen and oxygen atoms in total. The van der Waals surface area contributed by atoms with Gasteiger partial charge in [0.1, 0.15) is 17.1 Å². The van der Waals surface area contributed by atoms with Gasteiger partial charge < -0.3 is 16.0 Å². The first-order valence-electron chi connectivity index (χ1n) is 9.39. The van der Waals surface area contributed by atoms with Gasteiger partial charge in [0.25, 0.3) is 5.91 Å². The quantitative estimate of drug-likeness (QED) is 0.652. The van der Waals surface area contributed by atoms with Crippen LogP contribution in [0.25, 0.3) is 0 Å². The van der Waals surface area contributed by atoms with E-state index in [0.29, 0.717) is 0 Å². The minimum atomic E-state index is -0.921. The lowest BCUT2D eigenvalue weighted by atomic mass is 10.0. The molecule has 3 N–H and O–H groups in total. The molecule has 0 unspecified atom stereocenters. The highest BCUT2D eigenvalue weighted by Gasteiger charge is 2.38. The van der Waals surface area contributed by atoms with Crippen LogP contribution in [0.2, 0.25) is 0 Å². The first-order valence-corrected chi connectivity index (χ1v) is 10.1. The topological polar surface area (TPSA) is 92.5 Å². The predicted octanol–water partition coefficient (Wildman–Crippen LogP) is 2.34. The lowest BCUT2D eigenvalue weighted by molar-refractivity contribution is -0.137. The van der Waals surface area contributed by atoms with E-state index in [4.69, 9.17) is 28.9 Å². The molecule has 3 rings (SSSR count). The maximum Gasteiger partial charge on any atom is 0.267 e. The van der Waals surface area contributed by atoms with Crippen LogP contribution in [0, 0.1) is 0 Å². The summed E-state index contributed by atoms with van der Waals surface area (Å²) in [5.41, 5.74) is 7.23. The van der Waals surface area contributed by atoms with Gasteiger partial charge in [-0.15, -0.1) is 0 Å². The Hall–Kier alpha value is -2.83. The molecule has 0 bridgehead atoms. The van der Waals surface area contributed by atoms with Gasteiger partial charge in [-0.05, 0) is 11.1 Å². The number of nitrogens with zero attached hydrogens (tertiary/aromatic N) is 1. The number of rotatable bonds is 8. The van der Waals surface area contributed by atoms with Crippen molar-refractivity contribution in [1.82, 2.24) is 10.2 Å². The van der Waals surface area contributed by atoms with Gasteiger partial charge in [-0.3, -0.25) is 14.4 Å². The van der Waals surface area contributed by atoms with Crippen LogP contribution in [0.3, 0.4) is 0 Å². The molecule has 1 heterocycles. The standard InChI is InChI=1S/C22H21Cl2N3O3/c23-16-13-27(22(30)19(16)24)18(12-15-9-5-2-6-10-15)21(29)26-17(20(25)28)11-14-7-3-1-4-8-14/h1-10,17-18H,11-13H2,(H2,25,28)(H,26,29)/t17-,18-/m0/s1. The van der Waals surface area contributed by atoms with E-state index < -0.39 is 29.8 Å². The number of primary amides is 1. The Labute approximate surface area is 184 Å². The third kappa shape index (κ3) is 5.20. The number of nitrogens with two attached hydrogens (primary N) is 1. The van der Waals surface area contributed by atoms with Gasteiger partial charge in [-0.1, -0.05) is 83.9 Å². The zero-order valence-electron chi connectivity index (χ0n) is 16.1. The van der Waals surface area contributed by atoms with Gasteiger partial charge in [-0.2, -0.15) is 0 Å². The van der Waals surface area contributed by atoms with Crippen molar-refractivity contribution < 1.29 is 14.4 Å². The van der Waals surface area contributed by atoms with Crippen molar-refractivity contribution in [3.63, 3.8) is 0 Å². The molecule has 2 aromatic rings. The van der Waals surface area contributed by atoms with E-state index in [9.17, 15) is 14.4 Å². The fraction of sp³-hybridized carbons (Fsp3) is 0.227. The Morgan fingerprint density at radius 3 is 1.97 bits per heavy atom. The summed E-state index contributed by atoms with van der Waals surface area (Å²) < 4.78 is 0. The fourth-order valence-electron chi connectivity index (χ4n) is 3.31. The summed E-state index contributed by atoms with van der Waals surface area (Å²) in [5.74, 6) is -1.67. The van der Waals surface area contributed by atoms with Crippen LogP contribution in [-0.2, 0) is 27.2 Å². The summed E-state index contributed by atoms with van der Waals surface area (Å²) >= 11 is 12.0. The molecule has 0 spiro atoms. The summed E-state index contributed by atoms with van der Waals surface area (Å²) in [6.07, 6.45) is 0.483. The molecular formula is C22H21Cl2N3O3. The molecule has 2 aromatic carbocycles. The van der Waals surface area contributed by atoms with Crippen molar-refractivity contribution in [2.24, 2.45) is 5.73 Å². The minimum absolute atomic E-state index is 0.0318. The molecule has 0 aromatic heterocycles. The second-order valence-electron chi connectivity index (χ2n) is 7.01. The van der Waals surface area contributed by atoms with Crippen molar-refractivity contribution in [2.45, 2.75) is 24.9 Å². The van der Waals surface area contributed by atoms with Gasteiger partial charge in [-0.25, -0.2) is 0 Å². The highest BCUT2D eigenvalue weighted by Crippen LogP contribution is 2.28. The van der Waals surface area contributed by atoms with E-state index in [1.807, 2.05) is 60.7 Å². The van der Waals surface area contributed by atoms with E-state index in [2.05, 4.69) is 5.32 Å². The Morgan fingerprint density at radius 1 is 0.967 bits per heavy atom. The molecule has 0 fully saturated rings. The predicted molar refractivity (Wildman–Crippen MR) is 116 cm³/mol. The van der Waals surface area contributed by atoms with Crippen molar-refractivity contribution in [2.75, 3.05) is 6.54 Å². The second kappa shape index (κ2) is 9.78. The molecule has 0 saturated carbocycles. The van der Waals surface area contributed by atoms with Crippen LogP contribution in [-0.4, -0.2) is 41.2 Å². The van der Waals surface area contributed by atoms with Crippen LogP contribution in [0.5, 0.6) is 0 Å². The number of hydrogen-bond acceptors (Lipinski definition) is 3. The number of carbonyl (C=O) groups is 3. The number of nitrogens with one attached hydrogen (secondary N) is 1. The van der Waals surface area contributed by atoms with Gasteiger partial charge in [0.2, 0.25) is 11.8 Å². The average Bonchev–Trinajstić information content (AvgIpc) is 3.00. The Kier molecular flexibility index (Phi) is 7.13. The van der Waals surface area contributed by atoms with Crippen molar-refractivity contribution in [3.05, 3.63) is 81.9 Å². The lowest BCUT2D eigenvalue weighted by Gasteiger charge is -2.29. The summed E-state index contributed by atoms with van der Waals surface area (Å²) in [6, 6.07) is 16.7. The van der Waals surface area contributed by atoms with Gasteiger partial charge in [0.15, 0.2) is 0 Å². The normalized spacial score (nSPS) is 15.8. The highest BCUT2D eigenvalue weighted by molar-refractivity contribution is 6.49. The Morgan fingerprint density at radius 2 is 1.50 bits per heavy atom. The third-order valence-electron chi connectivity index (χ3n) is 4.89. The van der Waals surface area contributed by atoms with Crippen molar-refractivity contribution in [1.29, 1.82) is 0 Å². The molecule has 1 aliphatic rings. The number of amides is 3. The molecule has 0 radical (unpaired) electrons. The summed E-state index contributed by atoms with van der Waals surface area (Å²) in [6.45, 7) is 0.0318. The Balaban J connectivity index is 1.81. The van der Waals surface area contributed by atoms with Gasteiger partial charge >= 0.3 is 0 Å². The van der Waals surface area contributed by atoms with Crippen LogP contribution < -0.4 is 11.1 Å². The molecule has 30 heavy (non-hydrogen) atoms. The van der Waals surface area contributed by atoms with E-state index in [0.717, 1.165) is 11.1 Å². The number of carbonyl (C=O) groups excluding carboxylic acids is 3. The monoisotopic (exact) mass is 445 g/mol. The van der Waals surface area contributed by atoms with Gasteiger partial charge in [0, 0.05) is 12.8 Å². The van der Waals surface area contributed by atoms with E-state index >= 15 is 0 Å². The smallest absolute Gasteiger partial charge is 0.267 e. The fourth-order valence-corrected chi connectivity index (χ4v) is 3.68. The molecular weight excluding hydrogens is 425 g/mol. The first-order chi connectivity index (χ1) is 14.4. The summed E-state index contributed by atoms with van der Waals surface area (Å²) in [5, 5.41) is 2.79. The maximum atomic E-state index is 13.2. The second-order valence-corrected chi connectivity index (χ2v) is 7.84. The minimum Gasteiger partial charge on any atom is -0.368 e. The lowest BCUT2D eigenvalue weighted by Crippen LogP contribution is -2.55. The van der Waals surface area contributed by atoms with Crippen LogP contribution in [0.4, 0.5) is 0 Å². The van der Waals surface area contributed by atoms with Crippen LogP contribution >= 0.6 is 23.2 Å². The zero-order chi connectivity index (χ0) is 21.7. The van der Waals surface area contributed by atoms with Gasteiger partial charge in [0.05, 0.1) is 11.6 Å². The van der Waals surface area contributed by atoms with Crippen molar-refractivity contribution in [3.8, 4) is 0 Å². The Bertz CT molecular complexity index is 964. The van der Waals surface area contributed by atoms with E-state index in [-0.39, 0.29) is 29.5 Å². The highest BCUT2D eigenvalue weighted by atomic mass is 35.5. The number of hydrogen-bond donors (Lipinski definition) is 2. The SMILES string of the molecule is NC(=O)[C@H](Cc1ccccc1)NC(=O)[C@H](Cc1ccccc1)N1CC(Cl)=C(Cl)C1=O. The van der Waals surface area contributed by atoms with Crippen molar-refractivity contribution >= 4 is 40.9 Å². The average molecular weight is 446 g/mol. The summed E-state index contributed by atoms with van der Waals surface area (Å²) in [4.78, 5) is 39.0. The zero-order valence-corrected chi connectivity index (χ0v) is 17.6. The van der Waals surface area contributed by atoms with E-state index in [1.54, 1.807) is 0 Å². The molecule has 0 aliphatic carbocycles. The number of halogens is 2. The summed E-state index contributed by atoms with van der Waals surface area (Å²) in [7, 11) is 0. The molecule has 8 heteroatoms. The molecule has 156 valence electrons. The van der Waals surface area contributed by atoms with E-state index in [1.165, 1.54) is 4.90 Å².